The van der Waals surface area contributed by atoms with Crippen LogP contribution in [0.1, 0.15) is 15.3 Å². The fourth-order valence-corrected chi connectivity index (χ4v) is 1.59. The minimum Gasteiger partial charge on any atom is -0.351 e. The highest BCUT2D eigenvalue weighted by atomic mass is 16.2. The Labute approximate surface area is 102 Å². The minimum atomic E-state index is -0.696. The summed E-state index contributed by atoms with van der Waals surface area (Å²) in [6, 6.07) is 8.15. The fourth-order valence-electron chi connectivity index (χ4n) is 1.59. The lowest BCUT2D eigenvalue weighted by Crippen LogP contribution is -2.39. The molecule has 2 N–H and O–H groups in total. The Hall–Kier alpha value is -2.04. The molecule has 1 heterocycles. The van der Waals surface area contributed by atoms with Crippen LogP contribution in [0.15, 0.2) is 30.3 Å². The van der Waals surface area contributed by atoms with E-state index in [1.807, 2.05) is 44.2 Å². The van der Waals surface area contributed by atoms with Crippen molar-refractivity contribution in [2.24, 2.45) is 5.73 Å². The Morgan fingerprint density at radius 3 is 2.29 bits per heavy atom. The third-order valence-electron chi connectivity index (χ3n) is 2.34. The Morgan fingerprint density at radius 1 is 1.24 bits per heavy atom. The maximum Gasteiger partial charge on any atom is 0.332 e. The highest BCUT2D eigenvalue weighted by molar-refractivity contribution is 6.03. The van der Waals surface area contributed by atoms with Crippen LogP contribution in [0.3, 0.4) is 0 Å². The van der Waals surface area contributed by atoms with Crippen LogP contribution in [-0.2, 0) is 0 Å². The number of nitrogens with zero attached hydrogens (tertiary/aromatic N) is 2. The van der Waals surface area contributed by atoms with Crippen molar-refractivity contribution in [1.82, 2.24) is 4.90 Å². The van der Waals surface area contributed by atoms with E-state index in [9.17, 15) is 9.59 Å². The summed E-state index contributed by atoms with van der Waals surface area (Å²) >= 11 is 0. The zero-order valence-electron chi connectivity index (χ0n) is 10.1. The van der Waals surface area contributed by atoms with Crippen molar-refractivity contribution in [2.45, 2.75) is 13.8 Å². The Morgan fingerprint density at radius 2 is 1.82 bits per heavy atom. The molecule has 0 aromatic heterocycles. The van der Waals surface area contributed by atoms with E-state index < -0.39 is 6.03 Å². The highest BCUT2D eigenvalue weighted by Crippen LogP contribution is 2.19. The Bertz CT molecular complexity index is 398. The summed E-state index contributed by atoms with van der Waals surface area (Å²) in [5.41, 5.74) is 5.85. The summed E-state index contributed by atoms with van der Waals surface area (Å²) in [6.45, 7) is 4.84. The van der Waals surface area contributed by atoms with Crippen molar-refractivity contribution in [3.8, 4) is 0 Å². The standard InChI is InChI=1S/C10H11N3O2.C2H6.H2/c11-9(14)13-7-6-12(10(13)15)8-4-2-1-3-5-8;1-2;/h1-5H,6-7H2,(H2,11,14);1-2H3;1H. The average molecular weight is 237 g/mol. The quantitative estimate of drug-likeness (QED) is 0.814. The molecule has 1 fully saturated rings. The lowest BCUT2D eigenvalue weighted by molar-refractivity contribution is 0.206. The largest absolute Gasteiger partial charge is 0.351 e. The van der Waals surface area contributed by atoms with Gasteiger partial charge in [-0.3, -0.25) is 4.90 Å². The number of carbonyl (C=O) groups is 2. The van der Waals surface area contributed by atoms with Gasteiger partial charge in [-0.05, 0) is 12.1 Å². The van der Waals surface area contributed by atoms with Gasteiger partial charge in [-0.2, -0.15) is 0 Å². The first-order valence-corrected chi connectivity index (χ1v) is 5.63. The number of para-hydroxylation sites is 1. The van der Waals surface area contributed by atoms with Crippen LogP contribution >= 0.6 is 0 Å². The van der Waals surface area contributed by atoms with Gasteiger partial charge in [-0.1, -0.05) is 32.0 Å². The molecule has 94 valence electrons. The van der Waals surface area contributed by atoms with Gasteiger partial charge in [0.2, 0.25) is 0 Å². The number of hydrogen-bond donors (Lipinski definition) is 1. The van der Waals surface area contributed by atoms with Gasteiger partial charge in [0.15, 0.2) is 0 Å². The molecule has 1 aliphatic heterocycles. The number of anilines is 1. The monoisotopic (exact) mass is 237 g/mol. The normalized spacial score (nSPS) is 14.4. The number of amides is 4. The molecule has 0 saturated carbocycles. The number of benzene rings is 1. The van der Waals surface area contributed by atoms with Gasteiger partial charge < -0.3 is 5.73 Å². The molecule has 17 heavy (non-hydrogen) atoms. The maximum atomic E-state index is 11.7. The number of primary amides is 1. The van der Waals surface area contributed by atoms with Crippen molar-refractivity contribution in [3.63, 3.8) is 0 Å². The molecule has 0 bridgehead atoms. The first kappa shape index (κ1) is 13.0. The zero-order valence-corrected chi connectivity index (χ0v) is 10.1. The number of carbonyl (C=O) groups excluding carboxylic acids is 2. The van der Waals surface area contributed by atoms with Crippen LogP contribution in [0.2, 0.25) is 0 Å². The summed E-state index contributed by atoms with van der Waals surface area (Å²) in [6.07, 6.45) is 0. The van der Waals surface area contributed by atoms with Gasteiger partial charge in [0, 0.05) is 13.7 Å². The number of urea groups is 2. The lowest BCUT2D eigenvalue weighted by atomic mass is 10.3. The second-order valence-corrected chi connectivity index (χ2v) is 3.26. The summed E-state index contributed by atoms with van der Waals surface area (Å²) in [7, 11) is 0. The van der Waals surface area contributed by atoms with Gasteiger partial charge >= 0.3 is 12.1 Å². The van der Waals surface area contributed by atoms with Crippen LogP contribution in [0, 0.1) is 0 Å². The first-order valence-electron chi connectivity index (χ1n) is 5.63. The number of imide groups is 1. The molecular weight excluding hydrogens is 218 g/mol. The summed E-state index contributed by atoms with van der Waals surface area (Å²) in [5, 5.41) is 0. The smallest absolute Gasteiger partial charge is 0.332 e. The van der Waals surface area contributed by atoms with E-state index >= 15 is 0 Å². The van der Waals surface area contributed by atoms with Crippen LogP contribution < -0.4 is 10.6 Å². The molecule has 5 heteroatoms. The van der Waals surface area contributed by atoms with Crippen LogP contribution in [0.25, 0.3) is 0 Å². The molecule has 0 atom stereocenters. The van der Waals surface area contributed by atoms with Gasteiger partial charge in [0.1, 0.15) is 0 Å². The molecule has 0 spiro atoms. The molecular formula is C12H19N3O2. The van der Waals surface area contributed by atoms with E-state index in [1.54, 1.807) is 0 Å². The molecule has 1 saturated heterocycles. The predicted molar refractivity (Wildman–Crippen MR) is 68.9 cm³/mol. The second-order valence-electron chi connectivity index (χ2n) is 3.26. The van der Waals surface area contributed by atoms with Crippen LogP contribution in [0.5, 0.6) is 0 Å². The number of hydrogen-bond acceptors (Lipinski definition) is 2. The third kappa shape index (κ3) is 2.75. The van der Waals surface area contributed by atoms with E-state index in [2.05, 4.69) is 0 Å². The van der Waals surface area contributed by atoms with E-state index in [1.165, 1.54) is 4.90 Å². The minimum absolute atomic E-state index is 0. The summed E-state index contributed by atoms with van der Waals surface area (Å²) < 4.78 is 0. The maximum absolute atomic E-state index is 11.7. The molecule has 2 rings (SSSR count). The van der Waals surface area contributed by atoms with E-state index in [-0.39, 0.29) is 7.46 Å². The molecule has 4 amide bonds. The Balaban J connectivity index is 0.000000917. The van der Waals surface area contributed by atoms with Gasteiger partial charge in [-0.25, -0.2) is 14.5 Å². The van der Waals surface area contributed by atoms with Crippen LogP contribution in [-0.4, -0.2) is 30.1 Å². The van der Waals surface area contributed by atoms with Crippen molar-refractivity contribution >= 4 is 17.7 Å². The highest BCUT2D eigenvalue weighted by Gasteiger charge is 2.32. The summed E-state index contributed by atoms with van der Waals surface area (Å²) in [5.74, 6) is 0. The molecule has 1 aromatic carbocycles. The van der Waals surface area contributed by atoms with Crippen LogP contribution in [0.4, 0.5) is 15.3 Å². The van der Waals surface area contributed by atoms with Crippen molar-refractivity contribution in [3.05, 3.63) is 30.3 Å². The Kier molecular flexibility index (Phi) is 4.51. The number of rotatable bonds is 1. The zero-order chi connectivity index (χ0) is 12.8. The SMILES string of the molecule is CC.NC(=O)N1CCN(c2ccccc2)C1=O.[HH]. The summed E-state index contributed by atoms with van der Waals surface area (Å²) in [4.78, 5) is 25.2. The van der Waals surface area contributed by atoms with E-state index in [4.69, 9.17) is 5.73 Å². The van der Waals surface area contributed by atoms with Gasteiger partial charge in [-0.15, -0.1) is 0 Å². The van der Waals surface area contributed by atoms with Crippen molar-refractivity contribution in [2.75, 3.05) is 18.0 Å². The predicted octanol–water partition coefficient (Wildman–Crippen LogP) is 2.28. The molecule has 0 aliphatic carbocycles. The van der Waals surface area contributed by atoms with E-state index in [0.717, 1.165) is 10.6 Å². The van der Waals surface area contributed by atoms with Crippen molar-refractivity contribution < 1.29 is 11.0 Å². The van der Waals surface area contributed by atoms with Gasteiger partial charge in [0.25, 0.3) is 0 Å². The second kappa shape index (κ2) is 5.89. The first-order chi connectivity index (χ1) is 8.20. The molecule has 1 aliphatic rings. The lowest BCUT2D eigenvalue weighted by Gasteiger charge is -2.15. The average Bonchev–Trinajstić information content (AvgIpc) is 2.75. The van der Waals surface area contributed by atoms with E-state index in [0.29, 0.717) is 13.1 Å². The number of nitrogens with two attached hydrogens (primary N) is 1. The molecule has 0 radical (unpaired) electrons. The van der Waals surface area contributed by atoms with Gasteiger partial charge in [0.05, 0.1) is 6.54 Å². The molecule has 0 unspecified atom stereocenters. The fraction of sp³-hybridized carbons (Fsp3) is 0.333. The molecule has 1 aromatic rings. The topological polar surface area (TPSA) is 66.6 Å². The van der Waals surface area contributed by atoms with Crippen molar-refractivity contribution in [1.29, 1.82) is 0 Å². The third-order valence-corrected chi connectivity index (χ3v) is 2.34. The molecule has 5 nitrogen and oxygen atoms in total.